The molecule has 0 aliphatic carbocycles. The number of halogens is 1. The van der Waals surface area contributed by atoms with Crippen LogP contribution in [0.4, 0.5) is 4.79 Å². The number of ether oxygens (including phenoxy) is 2. The van der Waals surface area contributed by atoms with Crippen molar-refractivity contribution in [2.75, 3.05) is 13.7 Å². The summed E-state index contributed by atoms with van der Waals surface area (Å²) in [5.41, 5.74) is 1.70. The van der Waals surface area contributed by atoms with Gasteiger partial charge in [0.1, 0.15) is 0 Å². The summed E-state index contributed by atoms with van der Waals surface area (Å²) in [6, 6.07) is 13.2. The van der Waals surface area contributed by atoms with Crippen molar-refractivity contribution in [3.63, 3.8) is 0 Å². The van der Waals surface area contributed by atoms with E-state index in [1.165, 1.54) is 4.90 Å². The van der Waals surface area contributed by atoms with E-state index in [0.29, 0.717) is 23.0 Å². The van der Waals surface area contributed by atoms with E-state index in [9.17, 15) is 9.59 Å². The number of nitrogens with zero attached hydrogens (tertiary/aromatic N) is 1. The molecule has 0 N–H and O–H groups in total. The standard InChI is InChI=1S/C21H20INO4S/c1-3-9-27-19-16(22)10-15(11-17(19)26-2)12-18-20(24)23(21(25)28-18)13-14-7-5-4-6-8-14/h4-8,10-12H,3,9,13H2,1-2H3/b18-12-. The first kappa shape index (κ1) is 20.7. The number of imide groups is 1. The Labute approximate surface area is 182 Å². The first-order chi connectivity index (χ1) is 13.5. The molecular weight excluding hydrogens is 489 g/mol. The van der Waals surface area contributed by atoms with E-state index < -0.39 is 0 Å². The molecule has 0 saturated carbocycles. The molecule has 0 radical (unpaired) electrons. The summed E-state index contributed by atoms with van der Waals surface area (Å²) >= 11 is 3.14. The van der Waals surface area contributed by atoms with Crippen LogP contribution >= 0.6 is 34.4 Å². The van der Waals surface area contributed by atoms with Crippen molar-refractivity contribution in [1.82, 2.24) is 4.90 Å². The molecule has 1 heterocycles. The van der Waals surface area contributed by atoms with Gasteiger partial charge in [-0.2, -0.15) is 0 Å². The van der Waals surface area contributed by atoms with E-state index in [1.807, 2.05) is 49.4 Å². The van der Waals surface area contributed by atoms with Gasteiger partial charge >= 0.3 is 0 Å². The van der Waals surface area contributed by atoms with Gasteiger partial charge in [0.15, 0.2) is 11.5 Å². The number of carbonyl (C=O) groups excluding carboxylic acids is 2. The zero-order valence-electron chi connectivity index (χ0n) is 15.6. The molecule has 1 aliphatic rings. The molecule has 7 heteroatoms. The lowest BCUT2D eigenvalue weighted by molar-refractivity contribution is -0.123. The fourth-order valence-electron chi connectivity index (χ4n) is 2.72. The zero-order chi connectivity index (χ0) is 20.1. The fourth-order valence-corrected chi connectivity index (χ4v) is 4.34. The molecule has 1 fully saturated rings. The molecule has 0 unspecified atom stereocenters. The van der Waals surface area contributed by atoms with Crippen molar-refractivity contribution >= 4 is 51.6 Å². The summed E-state index contributed by atoms with van der Waals surface area (Å²) < 4.78 is 12.1. The van der Waals surface area contributed by atoms with Crippen LogP contribution in [-0.2, 0) is 11.3 Å². The molecule has 1 aliphatic heterocycles. The van der Waals surface area contributed by atoms with Crippen molar-refractivity contribution in [2.45, 2.75) is 19.9 Å². The Morgan fingerprint density at radius 2 is 1.93 bits per heavy atom. The van der Waals surface area contributed by atoms with Gasteiger partial charge in [-0.05, 0) is 70.1 Å². The van der Waals surface area contributed by atoms with Crippen LogP contribution in [0.1, 0.15) is 24.5 Å². The first-order valence-corrected chi connectivity index (χ1v) is 10.7. The fraction of sp³-hybridized carbons (Fsp3) is 0.238. The molecule has 146 valence electrons. The molecule has 2 aromatic rings. The van der Waals surface area contributed by atoms with Crippen molar-refractivity contribution in [2.24, 2.45) is 0 Å². The minimum atomic E-state index is -0.279. The van der Waals surface area contributed by atoms with Crippen LogP contribution < -0.4 is 9.47 Å². The second kappa shape index (κ2) is 9.47. The number of carbonyl (C=O) groups is 2. The Hall–Kier alpha value is -2.00. The summed E-state index contributed by atoms with van der Waals surface area (Å²) in [4.78, 5) is 26.7. The number of rotatable bonds is 7. The summed E-state index contributed by atoms with van der Waals surface area (Å²) in [7, 11) is 1.59. The maximum atomic E-state index is 12.7. The molecule has 0 bridgehead atoms. The Bertz CT molecular complexity index is 914. The Balaban J connectivity index is 1.84. The molecule has 2 amide bonds. The van der Waals surface area contributed by atoms with Crippen LogP contribution in [-0.4, -0.2) is 29.8 Å². The summed E-state index contributed by atoms with van der Waals surface area (Å²) in [6.45, 7) is 2.91. The number of amides is 2. The minimum absolute atomic E-state index is 0.260. The number of methoxy groups -OCH3 is 1. The van der Waals surface area contributed by atoms with Crippen LogP contribution in [0.3, 0.4) is 0 Å². The van der Waals surface area contributed by atoms with E-state index in [-0.39, 0.29) is 17.7 Å². The Morgan fingerprint density at radius 1 is 1.18 bits per heavy atom. The van der Waals surface area contributed by atoms with E-state index in [0.717, 1.165) is 32.9 Å². The average Bonchev–Trinajstić information content (AvgIpc) is 2.95. The molecule has 0 spiro atoms. The highest BCUT2D eigenvalue weighted by Gasteiger charge is 2.35. The van der Waals surface area contributed by atoms with E-state index in [1.54, 1.807) is 13.2 Å². The highest BCUT2D eigenvalue weighted by Crippen LogP contribution is 2.37. The van der Waals surface area contributed by atoms with Crippen molar-refractivity contribution in [1.29, 1.82) is 0 Å². The van der Waals surface area contributed by atoms with Crippen molar-refractivity contribution in [3.8, 4) is 11.5 Å². The lowest BCUT2D eigenvalue weighted by atomic mass is 10.1. The summed E-state index contributed by atoms with van der Waals surface area (Å²) in [5, 5.41) is -0.260. The predicted octanol–water partition coefficient (Wildman–Crippen LogP) is 5.33. The van der Waals surface area contributed by atoms with E-state index in [4.69, 9.17) is 9.47 Å². The van der Waals surface area contributed by atoms with Gasteiger partial charge in [0.25, 0.3) is 11.1 Å². The molecular formula is C21H20INO4S. The van der Waals surface area contributed by atoms with Crippen LogP contribution in [0, 0.1) is 3.57 Å². The molecule has 28 heavy (non-hydrogen) atoms. The largest absolute Gasteiger partial charge is 0.493 e. The lowest BCUT2D eigenvalue weighted by Crippen LogP contribution is -2.27. The second-order valence-electron chi connectivity index (χ2n) is 6.14. The smallest absolute Gasteiger partial charge is 0.293 e. The lowest BCUT2D eigenvalue weighted by Gasteiger charge is -2.13. The van der Waals surface area contributed by atoms with Crippen LogP contribution in [0.5, 0.6) is 11.5 Å². The van der Waals surface area contributed by atoms with Gasteiger partial charge in [0, 0.05) is 0 Å². The van der Waals surface area contributed by atoms with E-state index >= 15 is 0 Å². The molecule has 0 atom stereocenters. The minimum Gasteiger partial charge on any atom is -0.493 e. The number of hydrogen-bond acceptors (Lipinski definition) is 5. The highest BCUT2D eigenvalue weighted by atomic mass is 127. The first-order valence-electron chi connectivity index (χ1n) is 8.83. The van der Waals surface area contributed by atoms with Gasteiger partial charge in [-0.3, -0.25) is 14.5 Å². The van der Waals surface area contributed by atoms with Gasteiger partial charge in [0.05, 0.1) is 28.7 Å². The summed E-state index contributed by atoms with van der Waals surface area (Å²) in [6.07, 6.45) is 2.62. The topological polar surface area (TPSA) is 55.8 Å². The van der Waals surface area contributed by atoms with Gasteiger partial charge in [-0.25, -0.2) is 0 Å². The Morgan fingerprint density at radius 3 is 2.61 bits per heavy atom. The molecule has 0 aromatic heterocycles. The summed E-state index contributed by atoms with van der Waals surface area (Å²) in [5.74, 6) is 1.02. The molecule has 3 rings (SSSR count). The molecule has 5 nitrogen and oxygen atoms in total. The van der Waals surface area contributed by atoms with Crippen LogP contribution in [0.15, 0.2) is 47.4 Å². The van der Waals surface area contributed by atoms with Gasteiger partial charge in [-0.1, -0.05) is 37.3 Å². The maximum absolute atomic E-state index is 12.7. The third-order valence-corrected chi connectivity index (χ3v) is 5.77. The second-order valence-corrected chi connectivity index (χ2v) is 8.29. The van der Waals surface area contributed by atoms with E-state index in [2.05, 4.69) is 22.6 Å². The third kappa shape index (κ3) is 4.70. The van der Waals surface area contributed by atoms with Crippen LogP contribution in [0.25, 0.3) is 6.08 Å². The Kier molecular flexibility index (Phi) is 7.01. The van der Waals surface area contributed by atoms with Gasteiger partial charge < -0.3 is 9.47 Å². The highest BCUT2D eigenvalue weighted by molar-refractivity contribution is 14.1. The maximum Gasteiger partial charge on any atom is 0.293 e. The van der Waals surface area contributed by atoms with Crippen LogP contribution in [0.2, 0.25) is 0 Å². The zero-order valence-corrected chi connectivity index (χ0v) is 18.6. The van der Waals surface area contributed by atoms with Gasteiger partial charge in [0.2, 0.25) is 0 Å². The van der Waals surface area contributed by atoms with Crippen molar-refractivity contribution in [3.05, 3.63) is 62.1 Å². The normalized spacial score (nSPS) is 15.4. The molecule has 2 aromatic carbocycles. The average molecular weight is 509 g/mol. The number of benzene rings is 2. The number of hydrogen-bond donors (Lipinski definition) is 0. The predicted molar refractivity (Wildman–Crippen MR) is 119 cm³/mol. The SMILES string of the molecule is CCCOc1c(I)cc(/C=C2\SC(=O)N(Cc3ccccc3)C2=O)cc1OC. The monoisotopic (exact) mass is 509 g/mol. The third-order valence-electron chi connectivity index (χ3n) is 4.06. The molecule has 1 saturated heterocycles. The van der Waals surface area contributed by atoms with Gasteiger partial charge in [-0.15, -0.1) is 0 Å². The van der Waals surface area contributed by atoms with Crippen molar-refractivity contribution < 1.29 is 19.1 Å². The quantitative estimate of drug-likeness (QED) is 0.374. The number of thioether (sulfide) groups is 1.